The van der Waals surface area contributed by atoms with Crippen LogP contribution in [0, 0.1) is 5.92 Å². The zero-order chi connectivity index (χ0) is 10.3. The van der Waals surface area contributed by atoms with Gasteiger partial charge in [-0.1, -0.05) is 45.1 Å². The largest absolute Gasteiger partial charge is 0.129 e. The van der Waals surface area contributed by atoms with Gasteiger partial charge < -0.3 is 0 Å². The Kier molecular flexibility index (Phi) is 6.79. The third kappa shape index (κ3) is 4.99. The minimum Gasteiger partial charge on any atom is -0.129 e. The van der Waals surface area contributed by atoms with Gasteiger partial charge >= 0.3 is 0 Å². The van der Waals surface area contributed by atoms with Gasteiger partial charge in [-0.05, 0) is 24.7 Å². The Hall–Kier alpha value is -0.430. The second kappa shape index (κ2) is 7.02. The molecule has 0 aromatic rings. The Morgan fingerprint density at radius 3 is 2.54 bits per heavy atom. The molecule has 0 aromatic carbocycles. The standard InChI is InChI=1S/C12H20S/c1-6-10(3)8-9-12(13-5)11(4)7-2/h7-10H,2,6H2,1,3-5H3/b9-8-,12-11+. The first-order valence-electron chi connectivity index (χ1n) is 4.71. The molecule has 0 amide bonds. The molecule has 74 valence electrons. The average molecular weight is 196 g/mol. The van der Waals surface area contributed by atoms with E-state index in [1.54, 1.807) is 11.8 Å². The lowest BCUT2D eigenvalue weighted by molar-refractivity contribution is 0.698. The van der Waals surface area contributed by atoms with Gasteiger partial charge in [0.25, 0.3) is 0 Å². The summed E-state index contributed by atoms with van der Waals surface area (Å²) in [6.45, 7) is 10.3. The summed E-state index contributed by atoms with van der Waals surface area (Å²) in [5.41, 5.74) is 1.26. The van der Waals surface area contributed by atoms with Crippen molar-refractivity contribution in [1.29, 1.82) is 0 Å². The average Bonchev–Trinajstić information content (AvgIpc) is 2.17. The number of hydrogen-bond donors (Lipinski definition) is 0. The summed E-state index contributed by atoms with van der Waals surface area (Å²) >= 11 is 1.78. The molecule has 0 nitrogen and oxygen atoms in total. The molecule has 1 atom stereocenters. The summed E-state index contributed by atoms with van der Waals surface area (Å²) in [7, 11) is 0. The van der Waals surface area contributed by atoms with E-state index in [1.807, 2.05) is 6.08 Å². The quantitative estimate of drug-likeness (QED) is 0.587. The van der Waals surface area contributed by atoms with E-state index in [0.29, 0.717) is 5.92 Å². The van der Waals surface area contributed by atoms with Gasteiger partial charge in [0.1, 0.15) is 0 Å². The highest BCUT2D eigenvalue weighted by atomic mass is 32.2. The van der Waals surface area contributed by atoms with Crippen molar-refractivity contribution in [2.24, 2.45) is 5.92 Å². The van der Waals surface area contributed by atoms with Crippen molar-refractivity contribution in [2.75, 3.05) is 6.26 Å². The van der Waals surface area contributed by atoms with Crippen molar-refractivity contribution in [3.63, 3.8) is 0 Å². The normalized spacial score (nSPS) is 15.7. The molecule has 0 aromatic heterocycles. The third-order valence-corrected chi connectivity index (χ3v) is 3.03. The SMILES string of the molecule is C=C/C(C)=C(\C=C/C(C)CC)SC. The first-order valence-corrected chi connectivity index (χ1v) is 5.93. The van der Waals surface area contributed by atoms with Crippen molar-refractivity contribution < 1.29 is 0 Å². The fraction of sp³-hybridized carbons (Fsp3) is 0.500. The molecule has 0 spiro atoms. The maximum Gasteiger partial charge on any atom is 0.00950 e. The molecular weight excluding hydrogens is 176 g/mol. The van der Waals surface area contributed by atoms with Crippen LogP contribution in [0.15, 0.2) is 35.3 Å². The molecule has 0 bridgehead atoms. The third-order valence-electron chi connectivity index (χ3n) is 2.13. The molecule has 1 unspecified atom stereocenters. The molecule has 0 heterocycles. The molecule has 13 heavy (non-hydrogen) atoms. The van der Waals surface area contributed by atoms with E-state index in [1.165, 1.54) is 16.9 Å². The van der Waals surface area contributed by atoms with E-state index in [4.69, 9.17) is 0 Å². The number of hydrogen-bond acceptors (Lipinski definition) is 1. The zero-order valence-electron chi connectivity index (χ0n) is 9.13. The highest BCUT2D eigenvalue weighted by molar-refractivity contribution is 8.02. The summed E-state index contributed by atoms with van der Waals surface area (Å²) in [5, 5.41) is 0. The summed E-state index contributed by atoms with van der Waals surface area (Å²) in [5.74, 6) is 0.666. The van der Waals surface area contributed by atoms with Gasteiger partial charge in [0, 0.05) is 4.91 Å². The Balaban J connectivity index is 4.45. The van der Waals surface area contributed by atoms with Crippen LogP contribution in [-0.2, 0) is 0 Å². The first-order chi connectivity index (χ1) is 6.15. The summed E-state index contributed by atoms with van der Waals surface area (Å²) < 4.78 is 0. The minimum atomic E-state index is 0.666. The molecule has 0 N–H and O–H groups in total. The Morgan fingerprint density at radius 1 is 1.54 bits per heavy atom. The Morgan fingerprint density at radius 2 is 2.15 bits per heavy atom. The van der Waals surface area contributed by atoms with E-state index in [9.17, 15) is 0 Å². The van der Waals surface area contributed by atoms with Crippen molar-refractivity contribution >= 4 is 11.8 Å². The summed E-state index contributed by atoms with van der Waals surface area (Å²) in [6, 6.07) is 0. The number of rotatable bonds is 5. The highest BCUT2D eigenvalue weighted by Gasteiger charge is 1.95. The van der Waals surface area contributed by atoms with Gasteiger partial charge in [0.15, 0.2) is 0 Å². The van der Waals surface area contributed by atoms with Gasteiger partial charge in [0.2, 0.25) is 0 Å². The van der Waals surface area contributed by atoms with Gasteiger partial charge in [0.05, 0.1) is 0 Å². The van der Waals surface area contributed by atoms with Crippen LogP contribution in [0.1, 0.15) is 27.2 Å². The van der Waals surface area contributed by atoms with Crippen molar-refractivity contribution in [3.8, 4) is 0 Å². The molecule has 0 saturated heterocycles. The maximum absolute atomic E-state index is 3.77. The van der Waals surface area contributed by atoms with Gasteiger partial charge in [-0.2, -0.15) is 0 Å². The van der Waals surface area contributed by atoms with Gasteiger partial charge in [-0.15, -0.1) is 11.8 Å². The van der Waals surface area contributed by atoms with Crippen molar-refractivity contribution in [3.05, 3.63) is 35.3 Å². The Labute approximate surface area is 86.8 Å². The van der Waals surface area contributed by atoms with Gasteiger partial charge in [-0.3, -0.25) is 0 Å². The lowest BCUT2D eigenvalue weighted by atomic mass is 10.1. The van der Waals surface area contributed by atoms with Crippen LogP contribution < -0.4 is 0 Å². The van der Waals surface area contributed by atoms with Crippen LogP contribution in [0.25, 0.3) is 0 Å². The lowest BCUT2D eigenvalue weighted by Crippen LogP contribution is -1.85. The van der Waals surface area contributed by atoms with E-state index in [2.05, 4.69) is 45.8 Å². The number of thioether (sulfide) groups is 1. The molecular formula is C12H20S. The van der Waals surface area contributed by atoms with Crippen LogP contribution in [0.2, 0.25) is 0 Å². The summed E-state index contributed by atoms with van der Waals surface area (Å²) in [6.07, 6.45) is 9.68. The molecule has 0 rings (SSSR count). The van der Waals surface area contributed by atoms with E-state index in [-0.39, 0.29) is 0 Å². The maximum atomic E-state index is 3.77. The second-order valence-corrected chi connectivity index (χ2v) is 4.05. The Bertz CT molecular complexity index is 211. The molecule has 0 fully saturated rings. The van der Waals surface area contributed by atoms with Crippen LogP contribution in [0.3, 0.4) is 0 Å². The minimum absolute atomic E-state index is 0.666. The smallest absolute Gasteiger partial charge is 0.00950 e. The summed E-state index contributed by atoms with van der Waals surface area (Å²) in [4.78, 5) is 1.32. The van der Waals surface area contributed by atoms with Gasteiger partial charge in [-0.25, -0.2) is 0 Å². The monoisotopic (exact) mass is 196 g/mol. The van der Waals surface area contributed by atoms with Crippen LogP contribution in [0.4, 0.5) is 0 Å². The second-order valence-electron chi connectivity index (χ2n) is 3.20. The fourth-order valence-corrected chi connectivity index (χ4v) is 1.47. The predicted molar refractivity (Wildman–Crippen MR) is 65.0 cm³/mol. The molecule has 0 aliphatic rings. The zero-order valence-corrected chi connectivity index (χ0v) is 9.95. The predicted octanol–water partition coefficient (Wildman–Crippen LogP) is 4.41. The molecule has 0 saturated carbocycles. The number of allylic oxidation sites excluding steroid dienone is 4. The molecule has 0 radical (unpaired) electrons. The van der Waals surface area contributed by atoms with E-state index < -0.39 is 0 Å². The highest BCUT2D eigenvalue weighted by Crippen LogP contribution is 2.20. The lowest BCUT2D eigenvalue weighted by Gasteiger charge is -2.03. The van der Waals surface area contributed by atoms with E-state index >= 15 is 0 Å². The van der Waals surface area contributed by atoms with E-state index in [0.717, 1.165) is 0 Å². The molecule has 0 aliphatic carbocycles. The van der Waals surface area contributed by atoms with Crippen LogP contribution >= 0.6 is 11.8 Å². The molecule has 1 heteroatoms. The fourth-order valence-electron chi connectivity index (χ4n) is 0.849. The van der Waals surface area contributed by atoms with Crippen LogP contribution in [0.5, 0.6) is 0 Å². The topological polar surface area (TPSA) is 0 Å². The molecule has 0 aliphatic heterocycles. The first kappa shape index (κ1) is 12.6. The van der Waals surface area contributed by atoms with Crippen molar-refractivity contribution in [1.82, 2.24) is 0 Å². The van der Waals surface area contributed by atoms with Crippen molar-refractivity contribution in [2.45, 2.75) is 27.2 Å². The van der Waals surface area contributed by atoms with Crippen LogP contribution in [-0.4, -0.2) is 6.26 Å².